The summed E-state index contributed by atoms with van der Waals surface area (Å²) in [5.41, 5.74) is 2.19. The Morgan fingerprint density at radius 1 is 0.864 bits per heavy atom. The average molecular weight is 301 g/mol. The Hall–Kier alpha value is -2.36. The van der Waals surface area contributed by atoms with Crippen LogP contribution in [0, 0.1) is 0 Å². The van der Waals surface area contributed by atoms with Crippen LogP contribution in [0.1, 0.15) is 19.4 Å². The van der Waals surface area contributed by atoms with Crippen molar-refractivity contribution in [1.29, 1.82) is 0 Å². The van der Waals surface area contributed by atoms with Gasteiger partial charge in [-0.1, -0.05) is 6.07 Å². The number of ether oxygens (including phenoxy) is 3. The van der Waals surface area contributed by atoms with Gasteiger partial charge in [0.1, 0.15) is 5.75 Å². The minimum atomic E-state index is 0.625. The first-order valence-corrected chi connectivity index (χ1v) is 7.53. The molecule has 2 aromatic rings. The lowest BCUT2D eigenvalue weighted by atomic mass is 10.2. The summed E-state index contributed by atoms with van der Waals surface area (Å²) >= 11 is 0. The first-order chi connectivity index (χ1) is 10.8. The highest BCUT2D eigenvalue weighted by molar-refractivity contribution is 5.48. The molecule has 0 aliphatic carbocycles. The van der Waals surface area contributed by atoms with Gasteiger partial charge in [0.25, 0.3) is 0 Å². The molecule has 4 heteroatoms. The number of nitrogens with one attached hydrogen (secondary N) is 1. The Labute approximate surface area is 132 Å². The van der Waals surface area contributed by atoms with Crippen LogP contribution in [0.5, 0.6) is 17.2 Å². The Morgan fingerprint density at radius 2 is 1.59 bits per heavy atom. The first-order valence-electron chi connectivity index (χ1n) is 7.53. The fourth-order valence-corrected chi connectivity index (χ4v) is 2.14. The molecule has 0 fully saturated rings. The minimum absolute atomic E-state index is 0.625. The van der Waals surface area contributed by atoms with Crippen molar-refractivity contribution in [2.24, 2.45) is 0 Å². The molecule has 22 heavy (non-hydrogen) atoms. The number of hydrogen-bond acceptors (Lipinski definition) is 4. The molecule has 0 spiro atoms. The van der Waals surface area contributed by atoms with Crippen molar-refractivity contribution in [1.82, 2.24) is 0 Å². The van der Waals surface area contributed by atoms with Crippen LogP contribution in [0.15, 0.2) is 42.5 Å². The van der Waals surface area contributed by atoms with Gasteiger partial charge < -0.3 is 19.5 Å². The van der Waals surface area contributed by atoms with Crippen molar-refractivity contribution >= 4 is 5.69 Å². The predicted molar refractivity (Wildman–Crippen MR) is 89.1 cm³/mol. The second-order valence-corrected chi connectivity index (χ2v) is 4.73. The summed E-state index contributed by atoms with van der Waals surface area (Å²) in [6, 6.07) is 13.9. The van der Waals surface area contributed by atoms with Crippen LogP contribution >= 0.6 is 0 Å². The van der Waals surface area contributed by atoms with Crippen LogP contribution < -0.4 is 19.5 Å². The number of hydrogen-bond donors (Lipinski definition) is 1. The zero-order valence-electron chi connectivity index (χ0n) is 13.4. The smallest absolute Gasteiger partial charge is 0.161 e. The topological polar surface area (TPSA) is 39.7 Å². The standard InChI is InChI=1S/C18H23NO3/c1-4-21-16-9-7-15(8-10-16)19-13-14-6-11-17(22-5-2)18(12-14)20-3/h6-12,19H,4-5,13H2,1-3H3. The summed E-state index contributed by atoms with van der Waals surface area (Å²) in [5, 5.41) is 3.38. The van der Waals surface area contributed by atoms with Gasteiger partial charge in [0.05, 0.1) is 20.3 Å². The molecule has 0 heterocycles. The van der Waals surface area contributed by atoms with Gasteiger partial charge in [-0.25, -0.2) is 0 Å². The Kier molecular flexibility index (Phi) is 5.95. The Morgan fingerprint density at radius 3 is 2.23 bits per heavy atom. The molecule has 4 nitrogen and oxygen atoms in total. The fourth-order valence-electron chi connectivity index (χ4n) is 2.14. The summed E-state index contributed by atoms with van der Waals surface area (Å²) in [7, 11) is 1.65. The average Bonchev–Trinajstić information content (AvgIpc) is 2.55. The van der Waals surface area contributed by atoms with Crippen molar-refractivity contribution in [2.45, 2.75) is 20.4 Å². The Balaban J connectivity index is 1.98. The van der Waals surface area contributed by atoms with Crippen molar-refractivity contribution in [2.75, 3.05) is 25.6 Å². The number of methoxy groups -OCH3 is 1. The van der Waals surface area contributed by atoms with E-state index in [9.17, 15) is 0 Å². The van der Waals surface area contributed by atoms with Crippen molar-refractivity contribution in [3.8, 4) is 17.2 Å². The molecule has 2 rings (SSSR count). The largest absolute Gasteiger partial charge is 0.494 e. The van der Waals surface area contributed by atoms with Crippen LogP contribution in [0.3, 0.4) is 0 Å². The second kappa shape index (κ2) is 8.17. The SMILES string of the molecule is CCOc1ccc(NCc2ccc(OCC)c(OC)c2)cc1. The van der Waals surface area contributed by atoms with Crippen LogP contribution in [-0.2, 0) is 6.54 Å². The zero-order valence-corrected chi connectivity index (χ0v) is 13.4. The van der Waals surface area contributed by atoms with E-state index >= 15 is 0 Å². The molecule has 0 bridgehead atoms. The molecule has 0 aromatic heterocycles. The highest BCUT2D eigenvalue weighted by Gasteiger charge is 2.05. The van der Waals surface area contributed by atoms with E-state index < -0.39 is 0 Å². The lowest BCUT2D eigenvalue weighted by Crippen LogP contribution is -2.01. The summed E-state index contributed by atoms with van der Waals surface area (Å²) in [5.74, 6) is 2.42. The van der Waals surface area contributed by atoms with Crippen LogP contribution in [0.2, 0.25) is 0 Å². The molecule has 0 saturated heterocycles. The van der Waals surface area contributed by atoms with Gasteiger partial charge in [0.2, 0.25) is 0 Å². The number of rotatable bonds is 8. The highest BCUT2D eigenvalue weighted by atomic mass is 16.5. The maximum atomic E-state index is 5.52. The van der Waals surface area contributed by atoms with Gasteiger partial charge in [-0.2, -0.15) is 0 Å². The van der Waals surface area contributed by atoms with E-state index in [2.05, 4.69) is 5.32 Å². The van der Waals surface area contributed by atoms with E-state index in [1.165, 1.54) is 0 Å². The van der Waals surface area contributed by atoms with Gasteiger partial charge in [-0.05, 0) is 55.8 Å². The third-order valence-corrected chi connectivity index (χ3v) is 3.19. The van der Waals surface area contributed by atoms with Gasteiger partial charge >= 0.3 is 0 Å². The monoisotopic (exact) mass is 301 g/mol. The first kappa shape index (κ1) is 16.0. The second-order valence-electron chi connectivity index (χ2n) is 4.73. The van der Waals surface area contributed by atoms with Crippen molar-refractivity contribution in [3.05, 3.63) is 48.0 Å². The predicted octanol–water partition coefficient (Wildman–Crippen LogP) is 4.10. The summed E-state index contributed by atoms with van der Waals surface area (Å²) in [4.78, 5) is 0. The number of anilines is 1. The minimum Gasteiger partial charge on any atom is -0.494 e. The molecule has 0 amide bonds. The lowest BCUT2D eigenvalue weighted by Gasteiger charge is -2.12. The van der Waals surface area contributed by atoms with E-state index in [0.717, 1.165) is 35.0 Å². The normalized spacial score (nSPS) is 10.1. The molecule has 0 atom stereocenters. The zero-order chi connectivity index (χ0) is 15.8. The van der Waals surface area contributed by atoms with Gasteiger partial charge in [-0.15, -0.1) is 0 Å². The van der Waals surface area contributed by atoms with E-state index in [-0.39, 0.29) is 0 Å². The molecule has 0 aliphatic rings. The molecule has 118 valence electrons. The summed E-state index contributed by atoms with van der Waals surface area (Å²) in [6.45, 7) is 5.96. The van der Waals surface area contributed by atoms with E-state index in [1.54, 1.807) is 7.11 Å². The molecule has 0 aliphatic heterocycles. The molecule has 2 aromatic carbocycles. The van der Waals surface area contributed by atoms with Crippen molar-refractivity contribution in [3.63, 3.8) is 0 Å². The van der Waals surface area contributed by atoms with Gasteiger partial charge in [0.15, 0.2) is 11.5 Å². The summed E-state index contributed by atoms with van der Waals surface area (Å²) in [6.07, 6.45) is 0. The van der Waals surface area contributed by atoms with Crippen LogP contribution in [0.25, 0.3) is 0 Å². The summed E-state index contributed by atoms with van der Waals surface area (Å²) < 4.78 is 16.3. The number of benzene rings is 2. The molecule has 1 N–H and O–H groups in total. The van der Waals surface area contributed by atoms with E-state index in [4.69, 9.17) is 14.2 Å². The molecular formula is C18H23NO3. The maximum Gasteiger partial charge on any atom is 0.161 e. The maximum absolute atomic E-state index is 5.52. The van der Waals surface area contributed by atoms with Gasteiger partial charge in [0, 0.05) is 12.2 Å². The highest BCUT2D eigenvalue weighted by Crippen LogP contribution is 2.28. The fraction of sp³-hybridized carbons (Fsp3) is 0.333. The quantitative estimate of drug-likeness (QED) is 0.796. The molecule has 0 radical (unpaired) electrons. The van der Waals surface area contributed by atoms with E-state index in [1.807, 2.05) is 56.3 Å². The van der Waals surface area contributed by atoms with Gasteiger partial charge in [-0.3, -0.25) is 0 Å². The molecule has 0 saturated carbocycles. The van der Waals surface area contributed by atoms with Crippen LogP contribution in [-0.4, -0.2) is 20.3 Å². The van der Waals surface area contributed by atoms with Crippen molar-refractivity contribution < 1.29 is 14.2 Å². The molecular weight excluding hydrogens is 278 g/mol. The third kappa shape index (κ3) is 4.32. The lowest BCUT2D eigenvalue weighted by molar-refractivity contribution is 0.310. The van der Waals surface area contributed by atoms with E-state index in [0.29, 0.717) is 13.2 Å². The molecule has 0 unspecified atom stereocenters. The third-order valence-electron chi connectivity index (χ3n) is 3.19. The Bertz CT molecular complexity index is 581. The van der Waals surface area contributed by atoms with Crippen LogP contribution in [0.4, 0.5) is 5.69 Å².